The molecule has 0 radical (unpaired) electrons. The lowest BCUT2D eigenvalue weighted by molar-refractivity contribution is 0.0943. The zero-order chi connectivity index (χ0) is 17.9. The third kappa shape index (κ3) is 4.82. The quantitative estimate of drug-likeness (QED) is 0.694. The monoisotopic (exact) mass is 341 g/mol. The molecule has 132 valence electrons. The van der Waals surface area contributed by atoms with E-state index >= 15 is 0 Å². The fourth-order valence-electron chi connectivity index (χ4n) is 1.85. The van der Waals surface area contributed by atoms with E-state index in [1.54, 1.807) is 32.8 Å². The largest absolute Gasteiger partial charge is 0.389 e. The molecule has 0 saturated carbocycles. The second-order valence-electron chi connectivity index (χ2n) is 6.13. The van der Waals surface area contributed by atoms with E-state index in [9.17, 15) is 13.9 Å². The predicted octanol–water partition coefficient (Wildman–Crippen LogP) is 1.35. The molecule has 2 rings (SSSR count). The van der Waals surface area contributed by atoms with Crippen LogP contribution in [0.5, 0.6) is 0 Å². The Balaban J connectivity index is 2.36. The Kier molecular flexibility index (Phi) is 5.27. The van der Waals surface area contributed by atoms with E-state index in [1.807, 2.05) is 0 Å². The summed E-state index contributed by atoms with van der Waals surface area (Å²) in [5, 5.41) is 15.2. The Bertz CT molecular complexity index is 703. The van der Waals surface area contributed by atoms with Crippen molar-refractivity contribution in [2.24, 2.45) is 0 Å². The van der Waals surface area contributed by atoms with Crippen LogP contribution in [0.4, 0.5) is 26.5 Å². The number of hydrogen-bond acceptors (Lipinski definition) is 8. The molecule has 0 amide bonds. The van der Waals surface area contributed by atoms with Gasteiger partial charge < -0.3 is 20.6 Å². The van der Waals surface area contributed by atoms with Crippen LogP contribution < -0.4 is 15.5 Å². The van der Waals surface area contributed by atoms with Gasteiger partial charge in [-0.05, 0) is 13.8 Å². The van der Waals surface area contributed by atoms with Crippen molar-refractivity contribution in [1.29, 1.82) is 0 Å². The first-order chi connectivity index (χ1) is 11.2. The summed E-state index contributed by atoms with van der Waals surface area (Å²) in [5.41, 5.74) is -0.00229. The number of alkyl halides is 2. The van der Waals surface area contributed by atoms with Crippen LogP contribution in [0, 0.1) is 0 Å². The van der Waals surface area contributed by atoms with Gasteiger partial charge in [-0.1, -0.05) is 0 Å². The van der Waals surface area contributed by atoms with Crippen molar-refractivity contribution in [2.75, 3.05) is 42.7 Å². The summed E-state index contributed by atoms with van der Waals surface area (Å²) in [5.74, 6) is 0.891. The molecule has 0 saturated heterocycles. The van der Waals surface area contributed by atoms with Gasteiger partial charge in [0.15, 0.2) is 5.82 Å². The molecule has 0 bridgehead atoms. The highest BCUT2D eigenvalue weighted by molar-refractivity contribution is 5.86. The average molecular weight is 341 g/mol. The number of aliphatic hydroxyl groups is 1. The summed E-state index contributed by atoms with van der Waals surface area (Å²) >= 11 is 0. The first-order valence-corrected chi connectivity index (χ1v) is 7.36. The van der Waals surface area contributed by atoms with Gasteiger partial charge in [0.05, 0.1) is 18.3 Å². The number of anilines is 3. The summed E-state index contributed by atoms with van der Waals surface area (Å²) in [7, 11) is 3.54. The lowest BCUT2D eigenvalue weighted by atomic mass is 10.1. The van der Waals surface area contributed by atoms with Crippen LogP contribution in [-0.4, -0.2) is 64.3 Å². The van der Waals surface area contributed by atoms with Crippen LogP contribution in [0.2, 0.25) is 0 Å². The van der Waals surface area contributed by atoms with Gasteiger partial charge in [-0.2, -0.15) is 4.98 Å². The lowest BCUT2D eigenvalue weighted by Gasteiger charge is -2.18. The minimum Gasteiger partial charge on any atom is -0.389 e. The van der Waals surface area contributed by atoms with Crippen molar-refractivity contribution in [3.05, 3.63) is 6.20 Å². The van der Waals surface area contributed by atoms with E-state index in [0.29, 0.717) is 22.8 Å². The first-order valence-electron chi connectivity index (χ1n) is 7.36. The number of hydrogen-bond donors (Lipinski definition) is 3. The lowest BCUT2D eigenvalue weighted by Crippen LogP contribution is -2.30. The molecule has 0 aliphatic carbocycles. The van der Waals surface area contributed by atoms with Crippen molar-refractivity contribution < 1.29 is 13.9 Å². The molecule has 0 aromatic carbocycles. The maximum atomic E-state index is 12.3. The molecule has 0 fully saturated rings. The topological polar surface area (TPSA) is 99.1 Å². The van der Waals surface area contributed by atoms with Gasteiger partial charge in [0.1, 0.15) is 11.0 Å². The Hall–Kier alpha value is -2.36. The van der Waals surface area contributed by atoms with Crippen molar-refractivity contribution in [3.8, 4) is 0 Å². The first kappa shape index (κ1) is 18.0. The van der Waals surface area contributed by atoms with Crippen LogP contribution in [-0.2, 0) is 0 Å². The van der Waals surface area contributed by atoms with E-state index in [0.717, 1.165) is 0 Å². The van der Waals surface area contributed by atoms with Crippen molar-refractivity contribution in [2.45, 2.75) is 25.9 Å². The van der Waals surface area contributed by atoms with E-state index in [2.05, 4.69) is 30.6 Å². The number of halogens is 2. The zero-order valence-corrected chi connectivity index (χ0v) is 14.0. The van der Waals surface area contributed by atoms with Gasteiger partial charge in [-0.25, -0.2) is 23.7 Å². The van der Waals surface area contributed by atoms with Crippen LogP contribution in [0.25, 0.3) is 11.0 Å². The average Bonchev–Trinajstić information content (AvgIpc) is 2.49. The number of nitrogens with zero attached hydrogens (tertiary/aromatic N) is 5. The number of aromatic nitrogens is 4. The molecule has 2 aromatic heterocycles. The summed E-state index contributed by atoms with van der Waals surface area (Å²) in [6, 6.07) is 0. The van der Waals surface area contributed by atoms with Crippen LogP contribution >= 0.6 is 0 Å². The van der Waals surface area contributed by atoms with Gasteiger partial charge in [-0.3, -0.25) is 0 Å². The molecular weight excluding hydrogens is 320 g/mol. The number of fused-ring (bicyclic) bond motifs is 1. The molecular formula is C14H21F2N7O. The van der Waals surface area contributed by atoms with E-state index in [1.165, 1.54) is 6.20 Å². The summed E-state index contributed by atoms with van der Waals surface area (Å²) in [4.78, 5) is 18.6. The van der Waals surface area contributed by atoms with Gasteiger partial charge in [-0.15, -0.1) is 0 Å². The van der Waals surface area contributed by atoms with Crippen LogP contribution in [0.15, 0.2) is 6.20 Å². The van der Waals surface area contributed by atoms with Gasteiger partial charge in [0, 0.05) is 20.6 Å². The van der Waals surface area contributed by atoms with E-state index < -0.39 is 18.6 Å². The molecule has 0 aliphatic heterocycles. The fraction of sp³-hybridized carbons (Fsp3) is 0.571. The second-order valence-corrected chi connectivity index (χ2v) is 6.13. The minimum atomic E-state index is -2.50. The molecule has 0 spiro atoms. The molecule has 3 N–H and O–H groups in total. The van der Waals surface area contributed by atoms with Crippen molar-refractivity contribution >= 4 is 28.7 Å². The van der Waals surface area contributed by atoms with Crippen LogP contribution in [0.1, 0.15) is 13.8 Å². The highest BCUT2D eigenvalue weighted by Gasteiger charge is 2.16. The molecule has 10 heteroatoms. The zero-order valence-electron chi connectivity index (χ0n) is 14.0. The molecule has 2 aromatic rings. The fourth-order valence-corrected chi connectivity index (χ4v) is 1.85. The molecule has 24 heavy (non-hydrogen) atoms. The van der Waals surface area contributed by atoms with E-state index in [4.69, 9.17) is 0 Å². The maximum absolute atomic E-state index is 12.3. The smallest absolute Gasteiger partial charge is 0.255 e. The molecule has 8 nitrogen and oxygen atoms in total. The molecule has 0 unspecified atom stereocenters. The minimum absolute atomic E-state index is 0.0901. The summed E-state index contributed by atoms with van der Waals surface area (Å²) in [6.07, 6.45) is -1.02. The second kappa shape index (κ2) is 7.04. The Labute approximate surface area is 138 Å². The maximum Gasteiger partial charge on any atom is 0.255 e. The number of rotatable bonds is 7. The number of nitrogens with one attached hydrogen (secondary N) is 2. The standard InChI is InChI=1S/C14H21F2N7O/c1-14(2,24)7-19-12-17-5-8-10(21-12)11(23(3)4)22-13(20-8)18-6-9(15)16/h5,9,24H,6-7H2,1-4H3,(H,17,19,21)(H,18,20,22). The Morgan fingerprint density at radius 2 is 1.88 bits per heavy atom. The Morgan fingerprint density at radius 3 is 2.46 bits per heavy atom. The van der Waals surface area contributed by atoms with Crippen LogP contribution in [0.3, 0.4) is 0 Å². The van der Waals surface area contributed by atoms with Crippen molar-refractivity contribution in [3.63, 3.8) is 0 Å². The van der Waals surface area contributed by atoms with Gasteiger partial charge >= 0.3 is 0 Å². The van der Waals surface area contributed by atoms with E-state index in [-0.39, 0.29) is 12.5 Å². The molecule has 0 atom stereocenters. The van der Waals surface area contributed by atoms with Gasteiger partial charge in [0.25, 0.3) is 6.43 Å². The third-order valence-electron chi connectivity index (χ3n) is 2.94. The highest BCUT2D eigenvalue weighted by Crippen LogP contribution is 2.23. The predicted molar refractivity (Wildman–Crippen MR) is 88.7 cm³/mol. The summed E-state index contributed by atoms with van der Waals surface area (Å²) < 4.78 is 24.7. The highest BCUT2D eigenvalue weighted by atomic mass is 19.3. The normalized spacial score (nSPS) is 11.8. The Morgan fingerprint density at radius 1 is 1.17 bits per heavy atom. The SMILES string of the molecule is CN(C)c1nc(NCC(F)F)nc2cnc(NCC(C)(C)O)nc12. The third-order valence-corrected chi connectivity index (χ3v) is 2.94. The van der Waals surface area contributed by atoms with Crippen molar-refractivity contribution in [1.82, 2.24) is 19.9 Å². The molecule has 2 heterocycles. The summed E-state index contributed by atoms with van der Waals surface area (Å²) in [6.45, 7) is 3.06. The molecule has 0 aliphatic rings. The van der Waals surface area contributed by atoms with Gasteiger partial charge in [0.2, 0.25) is 11.9 Å².